The van der Waals surface area contributed by atoms with Crippen LogP contribution in [0.5, 0.6) is 0 Å². The van der Waals surface area contributed by atoms with Crippen LogP contribution in [0.15, 0.2) is 35.6 Å². The fourth-order valence-electron chi connectivity index (χ4n) is 4.23. The molecule has 0 saturated carbocycles. The normalized spacial score (nSPS) is 19.4. The van der Waals surface area contributed by atoms with Gasteiger partial charge < -0.3 is 9.80 Å². The molecule has 0 radical (unpaired) electrons. The summed E-state index contributed by atoms with van der Waals surface area (Å²) < 4.78 is 40.1. The third-order valence-corrected chi connectivity index (χ3v) is 6.27. The van der Waals surface area contributed by atoms with Gasteiger partial charge in [0.15, 0.2) is 5.69 Å². The fraction of sp³-hybridized carbons (Fsp3) is 0.429. The molecule has 9 nitrogen and oxygen atoms in total. The molecule has 1 aromatic heterocycles. The highest BCUT2D eigenvalue weighted by Gasteiger charge is 2.40. The van der Waals surface area contributed by atoms with Crippen LogP contribution in [0.3, 0.4) is 0 Å². The molecule has 1 aromatic carbocycles. The number of aromatic nitrogens is 2. The van der Waals surface area contributed by atoms with E-state index in [1.807, 2.05) is 0 Å². The van der Waals surface area contributed by atoms with Crippen LogP contribution in [-0.2, 0) is 6.18 Å². The number of nitroso groups, excluding NO2 is 1. The van der Waals surface area contributed by atoms with Crippen molar-refractivity contribution in [3.05, 3.63) is 57.2 Å². The van der Waals surface area contributed by atoms with Gasteiger partial charge in [-0.25, -0.2) is 9.97 Å². The number of nitrogens with zero attached hydrogens (tertiary/aromatic N) is 6. The van der Waals surface area contributed by atoms with E-state index >= 15 is 0 Å². The number of benzene rings is 1. The van der Waals surface area contributed by atoms with E-state index in [2.05, 4.69) is 20.0 Å². The van der Waals surface area contributed by atoms with Crippen LogP contribution >= 0.6 is 11.6 Å². The average Bonchev–Trinajstić information content (AvgIpc) is 3.33. The Morgan fingerprint density at radius 3 is 2.35 bits per heavy atom. The van der Waals surface area contributed by atoms with Crippen molar-refractivity contribution in [3.63, 3.8) is 0 Å². The lowest BCUT2D eigenvalue weighted by molar-refractivity contribution is -0.141. The van der Waals surface area contributed by atoms with Gasteiger partial charge in [0.2, 0.25) is 5.95 Å². The number of carbonyl (C=O) groups excluding carboxylic acids is 2. The number of rotatable bonds is 4. The minimum atomic E-state index is -4.93. The number of amides is 2. The molecule has 0 N–H and O–H groups in total. The van der Waals surface area contributed by atoms with Crippen LogP contribution in [-0.4, -0.2) is 76.9 Å². The van der Waals surface area contributed by atoms with Crippen molar-refractivity contribution in [2.45, 2.75) is 18.6 Å². The Bertz CT molecular complexity index is 1090. The van der Waals surface area contributed by atoms with Crippen LogP contribution in [0.2, 0.25) is 5.02 Å². The zero-order valence-corrected chi connectivity index (χ0v) is 18.6. The number of halogens is 4. The molecule has 0 spiro atoms. The molecule has 0 bridgehead atoms. The fourth-order valence-corrected chi connectivity index (χ4v) is 4.36. The quantitative estimate of drug-likeness (QED) is 0.600. The van der Waals surface area contributed by atoms with Crippen molar-refractivity contribution in [1.82, 2.24) is 19.8 Å². The number of piperazine rings is 1. The second-order valence-electron chi connectivity index (χ2n) is 8.05. The van der Waals surface area contributed by atoms with Crippen LogP contribution in [0.4, 0.5) is 19.1 Å². The summed E-state index contributed by atoms with van der Waals surface area (Å²) in [6.45, 7) is 3.16. The number of anilines is 1. The first-order chi connectivity index (χ1) is 16.2. The van der Waals surface area contributed by atoms with Gasteiger partial charge in [0, 0.05) is 67.3 Å². The van der Waals surface area contributed by atoms with Gasteiger partial charge in [0.25, 0.3) is 5.91 Å². The molecule has 2 saturated heterocycles. The largest absolute Gasteiger partial charge is 0.434 e. The van der Waals surface area contributed by atoms with Gasteiger partial charge >= 0.3 is 12.1 Å². The number of alkyl halides is 3. The maximum atomic E-state index is 13.4. The van der Waals surface area contributed by atoms with Crippen LogP contribution in [0.1, 0.15) is 32.8 Å². The molecule has 3 heterocycles. The summed E-state index contributed by atoms with van der Waals surface area (Å²) in [5, 5.41) is 2.61. The number of hydrogen-bond acceptors (Lipinski definition) is 7. The Hall–Kier alpha value is -3.12. The molecule has 34 heavy (non-hydrogen) atoms. The maximum Gasteiger partial charge on any atom is 0.434 e. The molecule has 2 aromatic rings. The Kier molecular flexibility index (Phi) is 6.80. The van der Waals surface area contributed by atoms with Crippen molar-refractivity contribution in [2.75, 3.05) is 44.2 Å². The van der Waals surface area contributed by atoms with Crippen molar-refractivity contribution >= 4 is 29.4 Å². The summed E-state index contributed by atoms with van der Waals surface area (Å²) in [6, 6.07) is 6.77. The molecule has 4 rings (SSSR count). The summed E-state index contributed by atoms with van der Waals surface area (Å²) in [4.78, 5) is 47.6. The van der Waals surface area contributed by atoms with Gasteiger partial charge in [0.05, 0.1) is 5.56 Å². The average molecular weight is 497 g/mol. The minimum Gasteiger partial charge on any atom is -0.339 e. The molecular weight excluding hydrogens is 477 g/mol. The minimum absolute atomic E-state index is 0.0590. The predicted octanol–water partition coefficient (Wildman–Crippen LogP) is 3.09. The molecule has 180 valence electrons. The lowest BCUT2D eigenvalue weighted by atomic mass is 10.1. The van der Waals surface area contributed by atoms with E-state index in [0.717, 1.165) is 0 Å². The lowest BCUT2D eigenvalue weighted by Crippen LogP contribution is -2.52. The topological polar surface area (TPSA) is 99.1 Å². The summed E-state index contributed by atoms with van der Waals surface area (Å²) in [5.41, 5.74) is -1.88. The van der Waals surface area contributed by atoms with Gasteiger partial charge in [-0.1, -0.05) is 11.6 Å². The van der Waals surface area contributed by atoms with Crippen molar-refractivity contribution in [2.24, 2.45) is 5.18 Å². The highest BCUT2D eigenvalue weighted by molar-refractivity contribution is 6.30. The Morgan fingerprint density at radius 1 is 1.06 bits per heavy atom. The Morgan fingerprint density at radius 2 is 1.74 bits per heavy atom. The van der Waals surface area contributed by atoms with Crippen LogP contribution in [0.25, 0.3) is 0 Å². The standard InChI is InChI=1S/C21H20ClF3N6O3/c22-14-3-1-13(2-4-14)19(33)30-9-7-29(8-10-30)15-5-6-31(12-15)20-26-11-16(18(32)28-34)17(27-20)21(23,24)25/h1-4,11,15H,5-10,12H2/t15-/m0/s1. The smallest absolute Gasteiger partial charge is 0.339 e. The second-order valence-corrected chi connectivity index (χ2v) is 8.49. The molecular formula is C21H20ClF3N6O3. The van der Waals surface area contributed by atoms with E-state index in [-0.39, 0.29) is 17.9 Å². The first kappa shape index (κ1) is 24.0. The van der Waals surface area contributed by atoms with Gasteiger partial charge in [-0.3, -0.25) is 14.5 Å². The summed E-state index contributed by atoms with van der Waals surface area (Å²) in [7, 11) is 0. The zero-order chi connectivity index (χ0) is 24.5. The van der Waals surface area contributed by atoms with Crippen molar-refractivity contribution in [3.8, 4) is 0 Å². The maximum absolute atomic E-state index is 13.4. The summed E-state index contributed by atoms with van der Waals surface area (Å²) in [5.74, 6) is -1.80. The Balaban J connectivity index is 1.39. The third-order valence-electron chi connectivity index (χ3n) is 6.01. The van der Waals surface area contributed by atoms with Gasteiger partial charge in [-0.2, -0.15) is 13.2 Å². The molecule has 1 atom stereocenters. The predicted molar refractivity (Wildman–Crippen MR) is 117 cm³/mol. The Labute approximate surface area is 197 Å². The SMILES string of the molecule is O=NC(=O)c1cnc(N2CC[C@H](N3CCN(C(=O)c4ccc(Cl)cc4)CC3)C2)nc1C(F)(F)F. The molecule has 2 aliphatic heterocycles. The van der Waals surface area contributed by atoms with E-state index in [1.54, 1.807) is 34.1 Å². The van der Waals surface area contributed by atoms with Gasteiger partial charge in [-0.15, -0.1) is 4.91 Å². The summed E-state index contributed by atoms with van der Waals surface area (Å²) >= 11 is 5.88. The zero-order valence-electron chi connectivity index (χ0n) is 17.8. The molecule has 13 heteroatoms. The number of hydrogen-bond donors (Lipinski definition) is 0. The van der Waals surface area contributed by atoms with E-state index in [9.17, 15) is 27.7 Å². The second kappa shape index (κ2) is 9.63. The van der Waals surface area contributed by atoms with Crippen molar-refractivity contribution < 1.29 is 22.8 Å². The summed E-state index contributed by atoms with van der Waals surface area (Å²) in [6.07, 6.45) is -3.55. The molecule has 2 amide bonds. The van der Waals surface area contributed by atoms with Crippen LogP contribution < -0.4 is 4.90 Å². The van der Waals surface area contributed by atoms with E-state index in [0.29, 0.717) is 62.5 Å². The third kappa shape index (κ3) is 5.02. The molecule has 2 fully saturated rings. The first-order valence-corrected chi connectivity index (χ1v) is 10.9. The lowest BCUT2D eigenvalue weighted by Gasteiger charge is -2.38. The number of carbonyl (C=O) groups is 2. The van der Waals surface area contributed by atoms with E-state index in [4.69, 9.17) is 11.6 Å². The highest BCUT2D eigenvalue weighted by Crippen LogP contribution is 2.32. The van der Waals surface area contributed by atoms with Gasteiger partial charge in [0.1, 0.15) is 0 Å². The van der Waals surface area contributed by atoms with Gasteiger partial charge in [-0.05, 0) is 30.7 Å². The van der Waals surface area contributed by atoms with E-state index in [1.165, 1.54) is 0 Å². The molecule has 0 unspecified atom stereocenters. The molecule has 0 aliphatic carbocycles. The van der Waals surface area contributed by atoms with Crippen molar-refractivity contribution in [1.29, 1.82) is 0 Å². The molecule has 2 aliphatic rings. The monoisotopic (exact) mass is 496 g/mol. The van der Waals surface area contributed by atoms with Crippen LogP contribution in [0, 0.1) is 4.91 Å². The first-order valence-electron chi connectivity index (χ1n) is 10.5. The highest BCUT2D eigenvalue weighted by atomic mass is 35.5. The van der Waals surface area contributed by atoms with E-state index < -0.39 is 23.3 Å².